The molecule has 1 fully saturated rings. The summed E-state index contributed by atoms with van der Waals surface area (Å²) in [4.78, 5) is 21.5. The Balaban J connectivity index is 1.48. The van der Waals surface area contributed by atoms with Gasteiger partial charge < -0.3 is 4.74 Å². The molecule has 0 aliphatic carbocycles. The molecule has 2 heterocycles. The van der Waals surface area contributed by atoms with Gasteiger partial charge in [0.25, 0.3) is 5.56 Å². The number of aromatic nitrogens is 2. The Labute approximate surface area is 215 Å². The second-order valence-electron chi connectivity index (χ2n) is 8.33. The fourth-order valence-corrected chi connectivity index (χ4v) is 5.31. The van der Waals surface area contributed by atoms with Gasteiger partial charge in [0, 0.05) is 34.8 Å². The maximum atomic E-state index is 13.0. The lowest BCUT2D eigenvalue weighted by molar-refractivity contribution is 0.0386. The first-order chi connectivity index (χ1) is 16.4. The Hall–Kier alpha value is -2.03. The van der Waals surface area contributed by atoms with E-state index in [-0.39, 0.29) is 5.56 Å². The van der Waals surface area contributed by atoms with Gasteiger partial charge in [-0.05, 0) is 54.5 Å². The molecule has 178 valence electrons. The molecule has 1 aliphatic heterocycles. The van der Waals surface area contributed by atoms with E-state index in [1.807, 2.05) is 54.2 Å². The van der Waals surface area contributed by atoms with Crippen LogP contribution in [0.5, 0.6) is 0 Å². The van der Waals surface area contributed by atoms with Gasteiger partial charge in [-0.3, -0.25) is 14.3 Å². The predicted octanol–water partition coefficient (Wildman–Crippen LogP) is 5.47. The summed E-state index contributed by atoms with van der Waals surface area (Å²) < 4.78 is 6.98. The van der Waals surface area contributed by atoms with Crippen molar-refractivity contribution in [2.24, 2.45) is 0 Å². The standard InChI is InChI=1S/C26H28ClN3O2S2/c1-18-15-22(8-10-24(18)34-19(2)16-29-11-13-32-14-12-29)30-17-28-23(25(33)26(30)31)9-5-20-3-6-21(27)7-4-20/h3-10,15,17,19,33H,11-14,16H2,1-2H3/b9-5+. The highest BCUT2D eigenvalue weighted by molar-refractivity contribution is 8.00. The fourth-order valence-electron chi connectivity index (χ4n) is 3.83. The number of nitrogens with zero attached hydrogens (tertiary/aromatic N) is 3. The molecule has 8 heteroatoms. The molecule has 1 saturated heterocycles. The second kappa shape index (κ2) is 11.6. The van der Waals surface area contributed by atoms with E-state index in [1.54, 1.807) is 17.0 Å². The van der Waals surface area contributed by atoms with E-state index in [9.17, 15) is 4.79 Å². The number of halogens is 1. The molecule has 0 spiro atoms. The topological polar surface area (TPSA) is 47.4 Å². The summed E-state index contributed by atoms with van der Waals surface area (Å²) in [6, 6.07) is 13.5. The third-order valence-electron chi connectivity index (χ3n) is 5.66. The molecule has 34 heavy (non-hydrogen) atoms. The van der Waals surface area contributed by atoms with Crippen LogP contribution in [-0.4, -0.2) is 52.5 Å². The smallest absolute Gasteiger partial charge is 0.271 e. The zero-order chi connectivity index (χ0) is 24.1. The molecular formula is C26H28ClN3O2S2. The first kappa shape index (κ1) is 25.1. The molecule has 0 bridgehead atoms. The molecule has 1 aromatic heterocycles. The summed E-state index contributed by atoms with van der Waals surface area (Å²) in [6.07, 6.45) is 5.24. The van der Waals surface area contributed by atoms with Gasteiger partial charge in [0.05, 0.1) is 29.5 Å². The number of thiol groups is 1. The van der Waals surface area contributed by atoms with E-state index in [4.69, 9.17) is 16.3 Å². The molecule has 1 aliphatic rings. The van der Waals surface area contributed by atoms with Crippen LogP contribution < -0.4 is 5.56 Å². The minimum atomic E-state index is -0.199. The molecule has 4 rings (SSSR count). The molecule has 1 unspecified atom stereocenters. The van der Waals surface area contributed by atoms with Crippen LogP contribution in [0.1, 0.15) is 23.7 Å². The van der Waals surface area contributed by atoms with E-state index in [2.05, 4.69) is 42.4 Å². The number of ether oxygens (including phenoxy) is 1. The lowest BCUT2D eigenvalue weighted by Crippen LogP contribution is -2.39. The van der Waals surface area contributed by atoms with Gasteiger partial charge in [-0.25, -0.2) is 4.98 Å². The van der Waals surface area contributed by atoms with Gasteiger partial charge in [-0.1, -0.05) is 36.7 Å². The molecule has 0 amide bonds. The highest BCUT2D eigenvalue weighted by atomic mass is 35.5. The molecule has 5 nitrogen and oxygen atoms in total. The quantitative estimate of drug-likeness (QED) is 0.335. The molecular weight excluding hydrogens is 486 g/mol. The van der Waals surface area contributed by atoms with Crippen molar-refractivity contribution in [3.8, 4) is 5.69 Å². The number of aryl methyl sites for hydroxylation is 1. The molecule has 2 aromatic carbocycles. The summed E-state index contributed by atoms with van der Waals surface area (Å²) >= 11 is 12.3. The molecule has 1 atom stereocenters. The normalized spacial score (nSPS) is 15.6. The van der Waals surface area contributed by atoms with E-state index in [1.165, 1.54) is 4.90 Å². The van der Waals surface area contributed by atoms with E-state index in [0.29, 0.717) is 20.9 Å². The highest BCUT2D eigenvalue weighted by Gasteiger charge is 2.16. The lowest BCUT2D eigenvalue weighted by Gasteiger charge is -2.29. The van der Waals surface area contributed by atoms with Gasteiger partial charge in [0.2, 0.25) is 0 Å². The summed E-state index contributed by atoms with van der Waals surface area (Å²) in [7, 11) is 0. The maximum Gasteiger partial charge on any atom is 0.271 e. The van der Waals surface area contributed by atoms with Crippen molar-refractivity contribution in [3.63, 3.8) is 0 Å². The average molecular weight is 514 g/mol. The van der Waals surface area contributed by atoms with Gasteiger partial charge in [-0.15, -0.1) is 24.4 Å². The lowest BCUT2D eigenvalue weighted by atomic mass is 10.2. The van der Waals surface area contributed by atoms with E-state index < -0.39 is 0 Å². The predicted molar refractivity (Wildman–Crippen MR) is 145 cm³/mol. The zero-order valence-electron chi connectivity index (χ0n) is 19.3. The minimum Gasteiger partial charge on any atom is -0.379 e. The largest absolute Gasteiger partial charge is 0.379 e. The monoisotopic (exact) mass is 513 g/mol. The second-order valence-corrected chi connectivity index (χ2v) is 10.7. The molecule has 3 aromatic rings. The number of hydrogen-bond acceptors (Lipinski definition) is 6. The van der Waals surface area contributed by atoms with Crippen LogP contribution in [0.4, 0.5) is 0 Å². The summed E-state index contributed by atoms with van der Waals surface area (Å²) in [5.74, 6) is 0. The Kier molecular flexibility index (Phi) is 8.55. The maximum absolute atomic E-state index is 13.0. The average Bonchev–Trinajstić information content (AvgIpc) is 2.83. The number of morpholine rings is 1. The first-order valence-electron chi connectivity index (χ1n) is 11.2. The van der Waals surface area contributed by atoms with Crippen LogP contribution in [0.15, 0.2) is 63.4 Å². The van der Waals surface area contributed by atoms with Gasteiger partial charge in [-0.2, -0.15) is 0 Å². The Morgan fingerprint density at radius 3 is 2.62 bits per heavy atom. The summed E-state index contributed by atoms with van der Waals surface area (Å²) in [5.41, 5.74) is 3.21. The van der Waals surface area contributed by atoms with Crippen LogP contribution >= 0.6 is 36.0 Å². The Bertz CT molecular complexity index is 1220. The van der Waals surface area contributed by atoms with Crippen molar-refractivity contribution in [1.82, 2.24) is 14.5 Å². The van der Waals surface area contributed by atoms with Crippen molar-refractivity contribution in [1.29, 1.82) is 0 Å². The van der Waals surface area contributed by atoms with Crippen LogP contribution in [-0.2, 0) is 4.74 Å². The molecule has 0 radical (unpaired) electrons. The molecule has 0 saturated carbocycles. The number of hydrogen-bond donors (Lipinski definition) is 1. The fraction of sp³-hybridized carbons (Fsp3) is 0.308. The van der Waals surface area contributed by atoms with Crippen LogP contribution in [0, 0.1) is 6.92 Å². The summed E-state index contributed by atoms with van der Waals surface area (Å²) in [5, 5.41) is 1.14. The zero-order valence-corrected chi connectivity index (χ0v) is 21.7. The van der Waals surface area contributed by atoms with Gasteiger partial charge >= 0.3 is 0 Å². The first-order valence-corrected chi connectivity index (χ1v) is 12.9. The highest BCUT2D eigenvalue weighted by Crippen LogP contribution is 2.29. The minimum absolute atomic E-state index is 0.199. The van der Waals surface area contributed by atoms with Crippen molar-refractivity contribution < 1.29 is 4.74 Å². The van der Waals surface area contributed by atoms with Gasteiger partial charge in [0.15, 0.2) is 0 Å². The summed E-state index contributed by atoms with van der Waals surface area (Å²) in [6.45, 7) is 8.99. The van der Waals surface area contributed by atoms with Crippen LogP contribution in [0.25, 0.3) is 17.8 Å². The number of thioether (sulfide) groups is 1. The number of rotatable bonds is 7. The third kappa shape index (κ3) is 6.34. The Morgan fingerprint density at radius 1 is 1.18 bits per heavy atom. The van der Waals surface area contributed by atoms with Crippen molar-refractivity contribution in [3.05, 3.63) is 81.0 Å². The van der Waals surface area contributed by atoms with Crippen LogP contribution in [0.2, 0.25) is 5.02 Å². The van der Waals surface area contributed by atoms with Crippen molar-refractivity contribution in [2.45, 2.75) is 28.9 Å². The SMILES string of the molecule is Cc1cc(-n2cnc(/C=C/c3ccc(Cl)cc3)c(S)c2=O)ccc1SC(C)CN1CCOCC1. The van der Waals surface area contributed by atoms with Gasteiger partial charge in [0.1, 0.15) is 6.33 Å². The van der Waals surface area contributed by atoms with Crippen LogP contribution in [0.3, 0.4) is 0 Å². The van der Waals surface area contributed by atoms with E-state index in [0.717, 1.165) is 49.7 Å². The van der Waals surface area contributed by atoms with Crippen molar-refractivity contribution >= 4 is 48.1 Å². The Morgan fingerprint density at radius 2 is 1.91 bits per heavy atom. The molecule has 0 N–H and O–H groups in total. The van der Waals surface area contributed by atoms with Crippen molar-refractivity contribution in [2.75, 3.05) is 32.8 Å². The van der Waals surface area contributed by atoms with E-state index >= 15 is 0 Å². The third-order valence-corrected chi connectivity index (χ3v) is 7.60. The number of benzene rings is 2.